The minimum absolute atomic E-state index is 0.140. The molecule has 1 aromatic heterocycles. The number of alkyl carbamates (subject to hydrolysis) is 1. The molecular formula is C28H29N3O3. The van der Waals surface area contributed by atoms with Crippen LogP contribution in [0.4, 0.5) is 4.79 Å². The Morgan fingerprint density at radius 1 is 0.912 bits per heavy atom. The molecule has 6 nitrogen and oxygen atoms in total. The molecule has 0 aliphatic rings. The summed E-state index contributed by atoms with van der Waals surface area (Å²) in [5.41, 5.74) is 5.20. The molecule has 0 aliphatic carbocycles. The van der Waals surface area contributed by atoms with Gasteiger partial charge in [-0.15, -0.1) is 0 Å². The largest absolute Gasteiger partial charge is 0.445 e. The van der Waals surface area contributed by atoms with Gasteiger partial charge in [0.25, 0.3) is 0 Å². The van der Waals surface area contributed by atoms with E-state index in [1.165, 1.54) is 11.1 Å². The first kappa shape index (κ1) is 23.1. The lowest BCUT2D eigenvalue weighted by molar-refractivity contribution is -0.123. The molecule has 3 N–H and O–H groups in total. The molecule has 3 aromatic carbocycles. The maximum Gasteiger partial charge on any atom is 0.408 e. The molecule has 0 unspecified atom stereocenters. The summed E-state index contributed by atoms with van der Waals surface area (Å²) in [6.45, 7) is 2.68. The molecule has 0 aliphatic heterocycles. The van der Waals surface area contributed by atoms with Crippen molar-refractivity contribution in [3.05, 3.63) is 107 Å². The normalized spacial score (nSPS) is 11.7. The second kappa shape index (κ2) is 11.2. The number of ether oxygens (including phenoxy) is 1. The fourth-order valence-electron chi connectivity index (χ4n) is 3.97. The van der Waals surface area contributed by atoms with Gasteiger partial charge in [0.2, 0.25) is 5.91 Å². The monoisotopic (exact) mass is 455 g/mol. The van der Waals surface area contributed by atoms with Gasteiger partial charge >= 0.3 is 6.09 Å². The number of aromatic nitrogens is 1. The summed E-state index contributed by atoms with van der Waals surface area (Å²) in [6, 6.07) is 24.7. The Balaban J connectivity index is 1.42. The Kier molecular flexibility index (Phi) is 7.60. The van der Waals surface area contributed by atoms with Crippen LogP contribution in [0.1, 0.15) is 22.3 Å². The molecule has 6 heteroatoms. The molecule has 0 bridgehead atoms. The third-order valence-corrected chi connectivity index (χ3v) is 5.88. The summed E-state index contributed by atoms with van der Waals surface area (Å²) in [4.78, 5) is 28.9. The van der Waals surface area contributed by atoms with Crippen LogP contribution in [0.25, 0.3) is 10.9 Å². The lowest BCUT2D eigenvalue weighted by Gasteiger charge is -2.18. The van der Waals surface area contributed by atoms with Crippen molar-refractivity contribution in [3.63, 3.8) is 0 Å². The molecule has 1 heterocycles. The molecule has 0 radical (unpaired) electrons. The van der Waals surface area contributed by atoms with E-state index in [0.717, 1.165) is 28.5 Å². The number of aryl methyl sites for hydroxylation is 1. The molecule has 4 aromatic rings. The number of hydrogen-bond donors (Lipinski definition) is 3. The van der Waals surface area contributed by atoms with Gasteiger partial charge < -0.3 is 20.4 Å². The third-order valence-electron chi connectivity index (χ3n) is 5.88. The number of fused-ring (bicyclic) bond motifs is 1. The number of benzene rings is 3. The van der Waals surface area contributed by atoms with Crippen molar-refractivity contribution in [2.45, 2.75) is 32.4 Å². The second-order valence-corrected chi connectivity index (χ2v) is 8.29. The van der Waals surface area contributed by atoms with Crippen molar-refractivity contribution in [1.29, 1.82) is 0 Å². The molecule has 2 amide bonds. The van der Waals surface area contributed by atoms with Crippen molar-refractivity contribution in [2.24, 2.45) is 0 Å². The van der Waals surface area contributed by atoms with Gasteiger partial charge in [0.15, 0.2) is 0 Å². The first-order valence-corrected chi connectivity index (χ1v) is 11.4. The highest BCUT2D eigenvalue weighted by molar-refractivity contribution is 5.88. The summed E-state index contributed by atoms with van der Waals surface area (Å²) < 4.78 is 5.37. The molecule has 174 valence electrons. The number of para-hydroxylation sites is 1. The van der Waals surface area contributed by atoms with E-state index in [1.807, 2.05) is 72.9 Å². The van der Waals surface area contributed by atoms with Crippen LogP contribution in [0.2, 0.25) is 0 Å². The third kappa shape index (κ3) is 6.04. The van der Waals surface area contributed by atoms with Crippen molar-refractivity contribution in [2.75, 3.05) is 6.54 Å². The number of aromatic amines is 1. The van der Waals surface area contributed by atoms with Crippen molar-refractivity contribution < 1.29 is 14.3 Å². The van der Waals surface area contributed by atoms with Crippen molar-refractivity contribution in [3.8, 4) is 0 Å². The van der Waals surface area contributed by atoms with Gasteiger partial charge in [0, 0.05) is 30.1 Å². The molecular weight excluding hydrogens is 426 g/mol. The fourth-order valence-corrected chi connectivity index (χ4v) is 3.97. The average Bonchev–Trinajstić information content (AvgIpc) is 3.27. The van der Waals surface area contributed by atoms with Crippen LogP contribution in [-0.2, 0) is 29.0 Å². The van der Waals surface area contributed by atoms with Gasteiger partial charge in [-0.1, -0.05) is 72.8 Å². The highest BCUT2D eigenvalue weighted by atomic mass is 16.5. The van der Waals surface area contributed by atoms with Gasteiger partial charge in [-0.25, -0.2) is 4.79 Å². The topological polar surface area (TPSA) is 83.2 Å². The van der Waals surface area contributed by atoms with Crippen LogP contribution in [0.5, 0.6) is 0 Å². The van der Waals surface area contributed by atoms with Gasteiger partial charge in [0.05, 0.1) is 0 Å². The average molecular weight is 456 g/mol. The molecule has 0 saturated heterocycles. The number of nitrogens with one attached hydrogen (secondary N) is 3. The van der Waals surface area contributed by atoms with E-state index < -0.39 is 12.1 Å². The van der Waals surface area contributed by atoms with Crippen LogP contribution in [0, 0.1) is 6.92 Å². The number of rotatable bonds is 9. The number of hydrogen-bond acceptors (Lipinski definition) is 3. The van der Waals surface area contributed by atoms with Crippen LogP contribution in [0.15, 0.2) is 85.1 Å². The Hall–Kier alpha value is -4.06. The summed E-state index contributed by atoms with van der Waals surface area (Å²) in [7, 11) is 0. The fraction of sp³-hybridized carbons (Fsp3) is 0.214. The molecule has 0 saturated carbocycles. The number of amides is 2. The zero-order valence-electron chi connectivity index (χ0n) is 19.2. The highest BCUT2D eigenvalue weighted by Gasteiger charge is 2.23. The van der Waals surface area contributed by atoms with E-state index in [4.69, 9.17) is 4.74 Å². The van der Waals surface area contributed by atoms with Crippen LogP contribution < -0.4 is 10.6 Å². The zero-order valence-corrected chi connectivity index (χ0v) is 19.2. The SMILES string of the molecule is Cc1ccccc1CCNC(=O)[C@H](Cc1c[nH]c2ccccc12)NC(=O)OCc1ccccc1. The maximum atomic E-state index is 13.1. The van der Waals surface area contributed by atoms with Crippen molar-refractivity contribution in [1.82, 2.24) is 15.6 Å². The summed E-state index contributed by atoms with van der Waals surface area (Å²) >= 11 is 0. The van der Waals surface area contributed by atoms with Crippen LogP contribution in [0.3, 0.4) is 0 Å². The number of H-pyrrole nitrogens is 1. The van der Waals surface area contributed by atoms with Gasteiger partial charge in [-0.2, -0.15) is 0 Å². The van der Waals surface area contributed by atoms with E-state index in [-0.39, 0.29) is 12.5 Å². The first-order valence-electron chi connectivity index (χ1n) is 11.4. The Bertz CT molecular complexity index is 1250. The molecule has 34 heavy (non-hydrogen) atoms. The second-order valence-electron chi connectivity index (χ2n) is 8.29. The molecule has 0 spiro atoms. The number of carbonyl (C=O) groups excluding carboxylic acids is 2. The first-order chi connectivity index (χ1) is 16.6. The molecule has 4 rings (SSSR count). The van der Waals surface area contributed by atoms with E-state index >= 15 is 0 Å². The Morgan fingerprint density at radius 2 is 1.65 bits per heavy atom. The van der Waals surface area contributed by atoms with Crippen LogP contribution in [-0.4, -0.2) is 29.6 Å². The lowest BCUT2D eigenvalue weighted by atomic mass is 10.0. The van der Waals surface area contributed by atoms with E-state index in [0.29, 0.717) is 13.0 Å². The predicted octanol–water partition coefficient (Wildman–Crippen LogP) is 4.67. The van der Waals surface area contributed by atoms with Gasteiger partial charge in [0.1, 0.15) is 12.6 Å². The number of carbonyl (C=O) groups is 2. The Labute approximate surface area is 199 Å². The zero-order chi connectivity index (χ0) is 23.8. The standard InChI is InChI=1S/C28H29N3O3/c1-20-9-5-6-12-22(20)15-16-29-27(32)26(17-23-18-30-25-14-8-7-13-24(23)25)31-28(33)34-19-21-10-3-2-4-11-21/h2-14,18,26,30H,15-17,19H2,1H3,(H,29,32)(H,31,33)/t26-/m0/s1. The maximum absolute atomic E-state index is 13.1. The predicted molar refractivity (Wildman–Crippen MR) is 133 cm³/mol. The highest BCUT2D eigenvalue weighted by Crippen LogP contribution is 2.19. The summed E-state index contributed by atoms with van der Waals surface area (Å²) in [6.07, 6.45) is 2.33. The van der Waals surface area contributed by atoms with E-state index in [2.05, 4.69) is 34.7 Å². The van der Waals surface area contributed by atoms with Gasteiger partial charge in [-0.3, -0.25) is 4.79 Å². The van der Waals surface area contributed by atoms with Gasteiger partial charge in [-0.05, 0) is 41.7 Å². The van der Waals surface area contributed by atoms with Crippen molar-refractivity contribution >= 4 is 22.9 Å². The molecule has 1 atom stereocenters. The van der Waals surface area contributed by atoms with E-state index in [1.54, 1.807) is 0 Å². The minimum Gasteiger partial charge on any atom is -0.445 e. The smallest absolute Gasteiger partial charge is 0.408 e. The lowest BCUT2D eigenvalue weighted by Crippen LogP contribution is -2.48. The quantitative estimate of drug-likeness (QED) is 0.343. The Morgan fingerprint density at radius 3 is 2.47 bits per heavy atom. The van der Waals surface area contributed by atoms with E-state index in [9.17, 15) is 9.59 Å². The minimum atomic E-state index is -0.764. The summed E-state index contributed by atoms with van der Waals surface area (Å²) in [5, 5.41) is 6.77. The summed E-state index contributed by atoms with van der Waals surface area (Å²) in [5.74, 6) is -0.240. The molecule has 0 fully saturated rings. The van der Waals surface area contributed by atoms with Crippen LogP contribution >= 0.6 is 0 Å².